The average molecular weight is 206 g/mol. The number of halogens is 1. The van der Waals surface area contributed by atoms with Crippen LogP contribution < -0.4 is 0 Å². The van der Waals surface area contributed by atoms with Crippen molar-refractivity contribution in [2.75, 3.05) is 20.3 Å². The number of rotatable bonds is 5. The van der Waals surface area contributed by atoms with Gasteiger partial charge in [-0.05, 0) is 31.2 Å². The molecule has 0 bridgehead atoms. The quantitative estimate of drug-likeness (QED) is 0.739. The Balaban J connectivity index is 2.53. The lowest BCUT2D eigenvalue weighted by Gasteiger charge is -2.15. The average Bonchev–Trinajstić information content (AvgIpc) is 2.26. The highest BCUT2D eigenvalue weighted by Gasteiger charge is 2.00. The van der Waals surface area contributed by atoms with E-state index in [0.29, 0.717) is 12.0 Å². The van der Waals surface area contributed by atoms with Gasteiger partial charge in [0.05, 0.1) is 18.3 Å². The van der Waals surface area contributed by atoms with Crippen LogP contribution in [0.2, 0.25) is 0 Å². The monoisotopic (exact) mass is 206 g/mol. The van der Waals surface area contributed by atoms with Gasteiger partial charge in [0.2, 0.25) is 0 Å². The van der Waals surface area contributed by atoms with Crippen LogP contribution in [-0.4, -0.2) is 25.2 Å². The van der Waals surface area contributed by atoms with Crippen LogP contribution in [0, 0.1) is 11.3 Å². The van der Waals surface area contributed by atoms with Gasteiger partial charge in [-0.1, -0.05) is 12.1 Å². The molecule has 0 unspecified atom stereocenters. The lowest BCUT2D eigenvalue weighted by molar-refractivity contribution is 0.303. The van der Waals surface area contributed by atoms with Crippen LogP contribution in [0.4, 0.5) is 4.39 Å². The van der Waals surface area contributed by atoms with Gasteiger partial charge in [-0.3, -0.25) is 4.39 Å². The second-order valence-corrected chi connectivity index (χ2v) is 3.59. The van der Waals surface area contributed by atoms with Crippen molar-refractivity contribution in [3.05, 3.63) is 35.4 Å². The van der Waals surface area contributed by atoms with Gasteiger partial charge in [-0.25, -0.2) is 0 Å². The highest BCUT2D eigenvalue weighted by atomic mass is 19.1. The maximum Gasteiger partial charge on any atom is 0.0991 e. The predicted octanol–water partition coefficient (Wildman–Crippen LogP) is 2.35. The number of hydrogen-bond donors (Lipinski definition) is 0. The van der Waals surface area contributed by atoms with Crippen LogP contribution in [0.25, 0.3) is 0 Å². The van der Waals surface area contributed by atoms with Crippen molar-refractivity contribution in [1.82, 2.24) is 4.90 Å². The summed E-state index contributed by atoms with van der Waals surface area (Å²) in [6.07, 6.45) is 0.564. The fourth-order valence-corrected chi connectivity index (χ4v) is 1.46. The summed E-state index contributed by atoms with van der Waals surface area (Å²) in [5, 5.41) is 8.72. The molecule has 1 rings (SSSR count). The molecule has 2 nitrogen and oxygen atoms in total. The van der Waals surface area contributed by atoms with Crippen molar-refractivity contribution in [3.63, 3.8) is 0 Å². The molecule has 0 aromatic heterocycles. The molecule has 0 aliphatic heterocycles. The van der Waals surface area contributed by atoms with Crippen LogP contribution >= 0.6 is 0 Å². The molecule has 1 aromatic carbocycles. The molecule has 0 atom stereocenters. The zero-order chi connectivity index (χ0) is 11.1. The van der Waals surface area contributed by atoms with Crippen molar-refractivity contribution >= 4 is 0 Å². The summed E-state index contributed by atoms with van der Waals surface area (Å²) in [7, 11) is 1.95. The first-order valence-electron chi connectivity index (χ1n) is 5.00. The Labute approximate surface area is 89.9 Å². The Morgan fingerprint density at radius 1 is 1.47 bits per heavy atom. The molecule has 0 saturated heterocycles. The Hall–Kier alpha value is -1.40. The zero-order valence-electron chi connectivity index (χ0n) is 8.91. The molecule has 0 aliphatic rings. The summed E-state index contributed by atoms with van der Waals surface area (Å²) < 4.78 is 11.9. The SMILES string of the molecule is CN(CCCF)Cc1cccc(C#N)c1. The van der Waals surface area contributed by atoms with Crippen molar-refractivity contribution in [2.24, 2.45) is 0 Å². The molecule has 0 heterocycles. The Morgan fingerprint density at radius 3 is 2.93 bits per heavy atom. The minimum Gasteiger partial charge on any atom is -0.302 e. The normalized spacial score (nSPS) is 10.3. The van der Waals surface area contributed by atoms with Crippen molar-refractivity contribution in [3.8, 4) is 6.07 Å². The van der Waals surface area contributed by atoms with E-state index in [1.165, 1.54) is 0 Å². The third-order valence-corrected chi connectivity index (χ3v) is 2.18. The molecule has 0 spiro atoms. The van der Waals surface area contributed by atoms with Gasteiger partial charge in [0.25, 0.3) is 0 Å². The summed E-state index contributed by atoms with van der Waals surface area (Å²) in [5.41, 5.74) is 1.77. The molecule has 0 fully saturated rings. The highest BCUT2D eigenvalue weighted by Crippen LogP contribution is 2.06. The summed E-state index contributed by atoms with van der Waals surface area (Å²) in [6.45, 7) is 1.23. The number of hydrogen-bond acceptors (Lipinski definition) is 2. The molecule has 0 radical (unpaired) electrons. The minimum atomic E-state index is -0.275. The fraction of sp³-hybridized carbons (Fsp3) is 0.417. The largest absolute Gasteiger partial charge is 0.302 e. The first-order chi connectivity index (χ1) is 7.26. The zero-order valence-corrected chi connectivity index (χ0v) is 8.91. The summed E-state index contributed by atoms with van der Waals surface area (Å²) in [6, 6.07) is 9.61. The first kappa shape index (κ1) is 11.7. The Morgan fingerprint density at radius 2 is 2.27 bits per heavy atom. The third-order valence-electron chi connectivity index (χ3n) is 2.18. The van der Waals surface area contributed by atoms with E-state index in [0.717, 1.165) is 18.7 Å². The predicted molar refractivity (Wildman–Crippen MR) is 58.1 cm³/mol. The van der Waals surface area contributed by atoms with Gasteiger partial charge in [0.1, 0.15) is 0 Å². The van der Waals surface area contributed by atoms with Gasteiger partial charge in [-0.2, -0.15) is 5.26 Å². The van der Waals surface area contributed by atoms with Gasteiger partial charge in [0.15, 0.2) is 0 Å². The first-order valence-corrected chi connectivity index (χ1v) is 5.00. The Kier molecular flexibility index (Phi) is 4.79. The Bertz CT molecular complexity index is 344. The molecule has 15 heavy (non-hydrogen) atoms. The summed E-state index contributed by atoms with van der Waals surface area (Å²) in [5.74, 6) is 0. The van der Waals surface area contributed by atoms with Gasteiger partial charge < -0.3 is 4.90 Å². The van der Waals surface area contributed by atoms with Crippen molar-refractivity contribution in [2.45, 2.75) is 13.0 Å². The van der Waals surface area contributed by atoms with Gasteiger partial charge in [-0.15, -0.1) is 0 Å². The molecule has 0 saturated carbocycles. The summed E-state index contributed by atoms with van der Waals surface area (Å²) in [4.78, 5) is 2.05. The highest BCUT2D eigenvalue weighted by molar-refractivity contribution is 5.32. The van der Waals surface area contributed by atoms with Crippen LogP contribution in [0.5, 0.6) is 0 Å². The number of benzene rings is 1. The van der Waals surface area contributed by atoms with Crippen LogP contribution in [0.1, 0.15) is 17.5 Å². The molecule has 3 heteroatoms. The molecule has 0 N–H and O–H groups in total. The number of nitrogens with zero attached hydrogens (tertiary/aromatic N) is 2. The van der Waals surface area contributed by atoms with E-state index < -0.39 is 0 Å². The van der Waals surface area contributed by atoms with Gasteiger partial charge >= 0.3 is 0 Å². The van der Waals surface area contributed by atoms with Crippen molar-refractivity contribution in [1.29, 1.82) is 5.26 Å². The maximum absolute atomic E-state index is 11.9. The standard InChI is InChI=1S/C12H15FN2/c1-15(7-3-6-13)10-12-5-2-4-11(8-12)9-14/h2,4-5,8H,3,6-7,10H2,1H3. The fourth-order valence-electron chi connectivity index (χ4n) is 1.46. The van der Waals surface area contributed by atoms with Crippen LogP contribution in [0.15, 0.2) is 24.3 Å². The second kappa shape index (κ2) is 6.15. The lowest BCUT2D eigenvalue weighted by Crippen LogP contribution is -2.19. The smallest absolute Gasteiger partial charge is 0.0991 e. The molecular formula is C12H15FN2. The molecular weight excluding hydrogens is 191 g/mol. The van der Waals surface area contributed by atoms with E-state index >= 15 is 0 Å². The summed E-state index contributed by atoms with van der Waals surface area (Å²) >= 11 is 0. The third kappa shape index (κ3) is 4.09. The van der Waals surface area contributed by atoms with Gasteiger partial charge in [0, 0.05) is 13.1 Å². The van der Waals surface area contributed by atoms with Crippen LogP contribution in [-0.2, 0) is 6.54 Å². The lowest BCUT2D eigenvalue weighted by atomic mass is 10.1. The van der Waals surface area contributed by atoms with E-state index in [9.17, 15) is 4.39 Å². The second-order valence-electron chi connectivity index (χ2n) is 3.59. The van der Waals surface area contributed by atoms with E-state index in [1.54, 1.807) is 6.07 Å². The minimum absolute atomic E-state index is 0.275. The molecule has 0 aliphatic carbocycles. The topological polar surface area (TPSA) is 27.0 Å². The van der Waals surface area contributed by atoms with Crippen molar-refractivity contribution < 1.29 is 4.39 Å². The number of nitriles is 1. The molecule has 1 aromatic rings. The van der Waals surface area contributed by atoms with E-state index in [-0.39, 0.29) is 6.67 Å². The van der Waals surface area contributed by atoms with E-state index in [4.69, 9.17) is 5.26 Å². The number of alkyl halides is 1. The molecule has 0 amide bonds. The van der Waals surface area contributed by atoms with E-state index in [2.05, 4.69) is 11.0 Å². The van der Waals surface area contributed by atoms with E-state index in [1.807, 2.05) is 25.2 Å². The molecule has 80 valence electrons. The maximum atomic E-state index is 11.9. The van der Waals surface area contributed by atoms with Crippen LogP contribution in [0.3, 0.4) is 0 Å².